The third kappa shape index (κ3) is 8.82. The Hall–Kier alpha value is 0.490. The molecule has 0 aromatic heterocycles. The average Bonchev–Trinajstić information content (AvgIpc) is 1.38. The van der Waals surface area contributed by atoms with Crippen molar-refractivity contribution in [1.82, 2.24) is 0 Å². The van der Waals surface area contributed by atoms with E-state index >= 15 is 0 Å². The third-order valence-electron chi connectivity index (χ3n) is 0.0680. The van der Waals surface area contributed by atoms with Gasteiger partial charge in [0, 0.05) is 0 Å². The largest absolute Gasteiger partial charge is 2.00 e. The Bertz CT molecular complexity index is 42.8. The van der Waals surface area contributed by atoms with Crippen molar-refractivity contribution in [2.24, 2.45) is 0 Å². The first kappa shape index (κ1) is 9.70. The van der Waals surface area contributed by atoms with Crippen molar-refractivity contribution in [1.29, 1.82) is 0 Å². The Morgan fingerprint density at radius 2 is 1.83 bits per heavy atom. The number of carbonyl (C=O) groups excluding carboxylic acids is 1. The van der Waals surface area contributed by atoms with E-state index in [0.29, 0.717) is 0 Å². The first-order valence-electron chi connectivity index (χ1n) is 0.779. The Kier molecular flexibility index (Phi) is 8.88. The van der Waals surface area contributed by atoms with Crippen LogP contribution >= 0.6 is 0 Å². The van der Waals surface area contributed by atoms with E-state index < -0.39 is 6.16 Å². The van der Waals surface area contributed by atoms with Gasteiger partial charge >= 0.3 is 37.7 Å². The molecule has 0 saturated carbocycles. The minimum atomic E-state index is -2.05. The van der Waals surface area contributed by atoms with Crippen LogP contribution in [0.15, 0.2) is 0 Å². The topological polar surface area (TPSA) is 72.4 Å². The molecular weight excluding hydrogens is 116 g/mol. The van der Waals surface area contributed by atoms with Gasteiger partial charge in [-0.3, -0.25) is 0 Å². The smallest absolute Gasteiger partial charge is 0.755 e. The van der Waals surface area contributed by atoms with Crippen LogP contribution < -0.4 is 10.4 Å². The first-order valence-corrected chi connectivity index (χ1v) is 0.779. The quantitative estimate of drug-likeness (QED) is 0.195. The molecule has 4 nitrogen and oxygen atoms in total. The summed E-state index contributed by atoms with van der Waals surface area (Å²) in [4.78, 5) is 11.0. The Balaban J connectivity index is 0. The fourth-order valence-electron chi connectivity index (χ4n) is 0. The van der Waals surface area contributed by atoms with E-state index in [2.05, 4.69) is 4.89 Å². The summed E-state index contributed by atoms with van der Waals surface area (Å²) in [7, 11) is 0. The molecule has 0 aromatic carbocycles. The van der Waals surface area contributed by atoms with Gasteiger partial charge in [-0.1, -0.05) is 0 Å². The molecule has 0 fully saturated rings. The average molecular weight is 116 g/mol. The third-order valence-corrected chi connectivity index (χ3v) is 0.0680. The molecular formula is CCaO4. The second kappa shape index (κ2) is 5.49. The maximum Gasteiger partial charge on any atom is 2.00 e. The van der Waals surface area contributed by atoms with Crippen LogP contribution in [0.3, 0.4) is 0 Å². The van der Waals surface area contributed by atoms with E-state index in [-0.39, 0.29) is 37.7 Å². The standard InChI is InChI=1S/CH2O4.Ca/c2-1(3)5-4;/h4H,(H,2,3);/q;+2/p-2. The van der Waals surface area contributed by atoms with Gasteiger partial charge in [0.1, 0.15) is 0 Å². The molecule has 0 bridgehead atoms. The summed E-state index contributed by atoms with van der Waals surface area (Å²) in [6, 6.07) is 0. The SMILES string of the molecule is O=C([O-])O[O-].[Ca+2]. The van der Waals surface area contributed by atoms with Gasteiger partial charge in [0.25, 0.3) is 0 Å². The van der Waals surface area contributed by atoms with Gasteiger partial charge in [-0.05, 0) is 0 Å². The fourth-order valence-corrected chi connectivity index (χ4v) is 0. The van der Waals surface area contributed by atoms with Gasteiger partial charge in [0.2, 0.25) is 6.16 Å². The van der Waals surface area contributed by atoms with Crippen molar-refractivity contribution in [3.63, 3.8) is 0 Å². The predicted molar refractivity (Wildman–Crippen MR) is 12.2 cm³/mol. The van der Waals surface area contributed by atoms with Crippen LogP contribution in [0, 0.1) is 0 Å². The van der Waals surface area contributed by atoms with Crippen LogP contribution in [-0.4, -0.2) is 43.9 Å². The molecule has 0 aromatic rings. The van der Waals surface area contributed by atoms with Crippen LogP contribution in [0.2, 0.25) is 0 Å². The number of carboxylic acid groups (broad SMARTS) is 1. The van der Waals surface area contributed by atoms with Crippen molar-refractivity contribution >= 4 is 43.9 Å². The number of carbonyl (C=O) groups is 1. The fraction of sp³-hybridized carbons (Fsp3) is 0. The van der Waals surface area contributed by atoms with Crippen molar-refractivity contribution in [3.05, 3.63) is 0 Å². The van der Waals surface area contributed by atoms with Crippen LogP contribution in [0.1, 0.15) is 0 Å². The zero-order valence-electron chi connectivity index (χ0n) is 2.84. The second-order valence-electron chi connectivity index (χ2n) is 0.333. The van der Waals surface area contributed by atoms with E-state index in [0.717, 1.165) is 0 Å². The van der Waals surface area contributed by atoms with Crippen LogP contribution in [0.25, 0.3) is 0 Å². The molecule has 0 heterocycles. The van der Waals surface area contributed by atoms with Crippen LogP contribution in [-0.2, 0) is 4.89 Å². The molecule has 0 saturated heterocycles. The molecule has 5 heteroatoms. The maximum atomic E-state index is 8.72. The van der Waals surface area contributed by atoms with Gasteiger partial charge < -0.3 is 20.0 Å². The van der Waals surface area contributed by atoms with Crippen LogP contribution in [0.5, 0.6) is 0 Å². The molecule has 0 unspecified atom stereocenters. The van der Waals surface area contributed by atoms with E-state index in [9.17, 15) is 0 Å². The van der Waals surface area contributed by atoms with Gasteiger partial charge in [-0.25, -0.2) is 0 Å². The number of hydrogen-bond acceptors (Lipinski definition) is 4. The molecule has 0 rings (SSSR count). The Morgan fingerprint density at radius 3 is 1.83 bits per heavy atom. The summed E-state index contributed by atoms with van der Waals surface area (Å²) >= 11 is 0. The predicted octanol–water partition coefficient (Wildman–Crippen LogP) is -2.76. The van der Waals surface area contributed by atoms with Crippen molar-refractivity contribution in [3.8, 4) is 0 Å². The number of hydrogen-bond donors (Lipinski definition) is 0. The van der Waals surface area contributed by atoms with E-state index in [1.165, 1.54) is 0 Å². The zero-order chi connectivity index (χ0) is 4.28. The first-order chi connectivity index (χ1) is 2.27. The molecule has 6 heavy (non-hydrogen) atoms. The summed E-state index contributed by atoms with van der Waals surface area (Å²) in [5.74, 6) is 0. The minimum Gasteiger partial charge on any atom is -0.755 e. The molecule has 0 radical (unpaired) electrons. The number of rotatable bonds is 0. The molecule has 0 aliphatic heterocycles. The van der Waals surface area contributed by atoms with Crippen LogP contribution in [0.4, 0.5) is 4.79 Å². The maximum absolute atomic E-state index is 8.72. The van der Waals surface area contributed by atoms with Gasteiger partial charge in [0.15, 0.2) is 0 Å². The molecule has 0 amide bonds. The normalized spacial score (nSPS) is 5.50. The second-order valence-corrected chi connectivity index (χ2v) is 0.333. The van der Waals surface area contributed by atoms with Crippen molar-refractivity contribution in [2.75, 3.05) is 0 Å². The van der Waals surface area contributed by atoms with Crippen molar-refractivity contribution < 1.29 is 20.0 Å². The summed E-state index contributed by atoms with van der Waals surface area (Å²) in [6.45, 7) is 0. The summed E-state index contributed by atoms with van der Waals surface area (Å²) in [5, 5.41) is 17.2. The van der Waals surface area contributed by atoms with E-state index in [1.807, 2.05) is 0 Å². The Labute approximate surface area is 63.6 Å². The van der Waals surface area contributed by atoms with Gasteiger partial charge in [0.05, 0.1) is 0 Å². The molecule has 0 N–H and O–H groups in total. The molecule has 0 aliphatic carbocycles. The van der Waals surface area contributed by atoms with Gasteiger partial charge in [-0.15, -0.1) is 0 Å². The Morgan fingerprint density at radius 1 is 1.67 bits per heavy atom. The zero-order valence-corrected chi connectivity index (χ0v) is 5.05. The van der Waals surface area contributed by atoms with E-state index in [1.54, 1.807) is 0 Å². The minimum absolute atomic E-state index is 0. The van der Waals surface area contributed by atoms with E-state index in [4.69, 9.17) is 15.2 Å². The monoisotopic (exact) mass is 116 g/mol. The molecule has 30 valence electrons. The summed E-state index contributed by atoms with van der Waals surface area (Å²) < 4.78 is 0. The summed E-state index contributed by atoms with van der Waals surface area (Å²) in [5.41, 5.74) is 0. The van der Waals surface area contributed by atoms with Crippen molar-refractivity contribution in [2.45, 2.75) is 0 Å². The van der Waals surface area contributed by atoms with Gasteiger partial charge in [-0.2, -0.15) is 0 Å². The molecule has 0 aliphatic rings. The summed E-state index contributed by atoms with van der Waals surface area (Å²) in [6.07, 6.45) is -2.05. The molecule has 0 spiro atoms. The molecule has 0 atom stereocenters.